The van der Waals surface area contributed by atoms with Crippen molar-refractivity contribution in [3.63, 3.8) is 0 Å². The van der Waals surface area contributed by atoms with Crippen LogP contribution in [0.4, 0.5) is 5.69 Å². The van der Waals surface area contributed by atoms with Gasteiger partial charge in [-0.25, -0.2) is 8.42 Å². The van der Waals surface area contributed by atoms with Crippen LogP contribution in [0.25, 0.3) is 0 Å². The summed E-state index contributed by atoms with van der Waals surface area (Å²) in [6.07, 6.45) is 0. The van der Waals surface area contributed by atoms with Crippen molar-refractivity contribution in [3.05, 3.63) is 29.8 Å². The Balaban J connectivity index is 3.00. The number of carboxylic acid groups (broad SMARTS) is 1. The predicted octanol–water partition coefficient (Wildman–Crippen LogP) is 1.70. The maximum atomic E-state index is 11.7. The molecule has 0 saturated carbocycles. The molecule has 6 nitrogen and oxygen atoms in total. The SMILES string of the molecule is CC(C#N)S(=O)(=O)Nc1ccc(C(C)(C)C(=O)O)cc1. The van der Waals surface area contributed by atoms with Crippen LogP contribution in [0.1, 0.15) is 26.3 Å². The zero-order valence-corrected chi connectivity index (χ0v) is 12.2. The first-order valence-electron chi connectivity index (χ1n) is 5.86. The number of carbonyl (C=O) groups is 1. The molecule has 0 aliphatic rings. The summed E-state index contributed by atoms with van der Waals surface area (Å²) in [4.78, 5) is 11.1. The number of nitriles is 1. The van der Waals surface area contributed by atoms with Gasteiger partial charge in [-0.15, -0.1) is 0 Å². The van der Waals surface area contributed by atoms with Crippen LogP contribution < -0.4 is 4.72 Å². The minimum absolute atomic E-state index is 0.289. The molecule has 0 aliphatic carbocycles. The third-order valence-electron chi connectivity index (χ3n) is 3.05. The molecule has 0 heterocycles. The van der Waals surface area contributed by atoms with Crippen LogP contribution >= 0.6 is 0 Å². The van der Waals surface area contributed by atoms with Crippen molar-refractivity contribution in [2.45, 2.75) is 31.4 Å². The Morgan fingerprint density at radius 1 is 1.35 bits per heavy atom. The van der Waals surface area contributed by atoms with Crippen LogP contribution in [-0.4, -0.2) is 24.7 Å². The van der Waals surface area contributed by atoms with Gasteiger partial charge in [0.05, 0.1) is 11.5 Å². The number of rotatable bonds is 5. The van der Waals surface area contributed by atoms with E-state index >= 15 is 0 Å². The van der Waals surface area contributed by atoms with Gasteiger partial charge in [0.25, 0.3) is 0 Å². The lowest BCUT2D eigenvalue weighted by atomic mass is 9.85. The molecule has 0 amide bonds. The zero-order chi connectivity index (χ0) is 15.6. The van der Waals surface area contributed by atoms with Gasteiger partial charge in [0.2, 0.25) is 10.0 Å². The smallest absolute Gasteiger partial charge is 0.313 e. The van der Waals surface area contributed by atoms with Crippen molar-refractivity contribution in [3.8, 4) is 6.07 Å². The van der Waals surface area contributed by atoms with Crippen molar-refractivity contribution < 1.29 is 18.3 Å². The highest BCUT2D eigenvalue weighted by atomic mass is 32.2. The Kier molecular flexibility index (Phi) is 4.40. The van der Waals surface area contributed by atoms with Gasteiger partial charge in [-0.2, -0.15) is 5.26 Å². The number of aliphatic carboxylic acids is 1. The second kappa shape index (κ2) is 5.51. The van der Waals surface area contributed by atoms with Crippen LogP contribution in [0.15, 0.2) is 24.3 Å². The van der Waals surface area contributed by atoms with Gasteiger partial charge in [-0.3, -0.25) is 9.52 Å². The molecule has 0 saturated heterocycles. The quantitative estimate of drug-likeness (QED) is 0.860. The molecule has 20 heavy (non-hydrogen) atoms. The Morgan fingerprint density at radius 3 is 2.25 bits per heavy atom. The Hall–Kier alpha value is -2.07. The first kappa shape index (κ1) is 16.0. The number of hydrogen-bond acceptors (Lipinski definition) is 4. The average Bonchev–Trinajstić information content (AvgIpc) is 2.37. The Morgan fingerprint density at radius 2 is 1.85 bits per heavy atom. The largest absolute Gasteiger partial charge is 0.481 e. The number of nitrogens with zero attached hydrogens (tertiary/aromatic N) is 1. The summed E-state index contributed by atoms with van der Waals surface area (Å²) in [7, 11) is -3.76. The van der Waals surface area contributed by atoms with E-state index in [9.17, 15) is 13.2 Å². The van der Waals surface area contributed by atoms with Crippen molar-refractivity contribution >= 4 is 21.7 Å². The summed E-state index contributed by atoms with van der Waals surface area (Å²) in [6.45, 7) is 4.41. The molecule has 2 N–H and O–H groups in total. The minimum Gasteiger partial charge on any atom is -0.481 e. The molecule has 0 radical (unpaired) electrons. The summed E-state index contributed by atoms with van der Waals surface area (Å²) >= 11 is 0. The second-order valence-corrected chi connectivity index (χ2v) is 6.93. The molecule has 1 aromatic carbocycles. The lowest BCUT2D eigenvalue weighted by Gasteiger charge is -2.20. The molecule has 0 fully saturated rings. The van der Waals surface area contributed by atoms with Crippen molar-refractivity contribution in [1.82, 2.24) is 0 Å². The molecule has 0 aromatic heterocycles. The number of benzene rings is 1. The van der Waals surface area contributed by atoms with Crippen LogP contribution in [0, 0.1) is 11.3 Å². The van der Waals surface area contributed by atoms with Gasteiger partial charge in [0.15, 0.2) is 5.25 Å². The zero-order valence-electron chi connectivity index (χ0n) is 11.4. The van der Waals surface area contributed by atoms with Crippen LogP contribution in [-0.2, 0) is 20.2 Å². The molecule has 1 rings (SSSR count). The Labute approximate surface area is 118 Å². The maximum Gasteiger partial charge on any atom is 0.313 e. The molecular formula is C13H16N2O4S. The number of anilines is 1. The van der Waals surface area contributed by atoms with E-state index in [0.717, 1.165) is 0 Å². The van der Waals surface area contributed by atoms with Gasteiger partial charge in [-0.05, 0) is 38.5 Å². The summed E-state index contributed by atoms with van der Waals surface area (Å²) < 4.78 is 25.7. The normalized spacial score (nSPS) is 13.3. The van der Waals surface area contributed by atoms with Gasteiger partial charge in [0, 0.05) is 5.69 Å². The third-order valence-corrected chi connectivity index (χ3v) is 4.61. The third kappa shape index (κ3) is 3.27. The summed E-state index contributed by atoms with van der Waals surface area (Å²) in [5, 5.41) is 16.6. The molecule has 0 spiro atoms. The molecule has 0 aliphatic heterocycles. The van der Waals surface area contributed by atoms with E-state index < -0.39 is 26.7 Å². The summed E-state index contributed by atoms with van der Waals surface area (Å²) in [5.74, 6) is -0.969. The van der Waals surface area contributed by atoms with E-state index in [4.69, 9.17) is 10.4 Å². The highest BCUT2D eigenvalue weighted by Gasteiger charge is 2.29. The van der Waals surface area contributed by atoms with E-state index in [0.29, 0.717) is 5.56 Å². The monoisotopic (exact) mass is 296 g/mol. The Bertz CT molecular complexity index is 642. The fourth-order valence-electron chi connectivity index (χ4n) is 1.40. The van der Waals surface area contributed by atoms with Gasteiger partial charge in [-0.1, -0.05) is 12.1 Å². The number of sulfonamides is 1. The fourth-order valence-corrected chi connectivity index (χ4v) is 2.18. The first-order chi connectivity index (χ1) is 9.11. The molecule has 0 bridgehead atoms. The first-order valence-corrected chi connectivity index (χ1v) is 7.41. The molecular weight excluding hydrogens is 280 g/mol. The van der Waals surface area contributed by atoms with E-state index in [1.807, 2.05) is 0 Å². The van der Waals surface area contributed by atoms with E-state index in [-0.39, 0.29) is 5.69 Å². The van der Waals surface area contributed by atoms with Crippen LogP contribution in [0.2, 0.25) is 0 Å². The molecule has 1 atom stereocenters. The summed E-state index contributed by atoms with van der Waals surface area (Å²) in [5.41, 5.74) is -0.213. The number of nitrogens with one attached hydrogen (secondary N) is 1. The van der Waals surface area contributed by atoms with E-state index in [1.54, 1.807) is 32.0 Å². The standard InChI is InChI=1S/C13H16N2O4S/c1-9(8-14)20(18,19)15-11-6-4-10(5-7-11)13(2,3)12(16)17/h4-7,9,15H,1-3H3,(H,16,17). The van der Waals surface area contributed by atoms with Crippen molar-refractivity contribution in [1.29, 1.82) is 5.26 Å². The predicted molar refractivity (Wildman–Crippen MR) is 74.7 cm³/mol. The number of hydrogen-bond donors (Lipinski definition) is 2. The molecule has 108 valence electrons. The van der Waals surface area contributed by atoms with E-state index in [1.165, 1.54) is 19.1 Å². The highest BCUT2D eigenvalue weighted by molar-refractivity contribution is 7.93. The van der Waals surface area contributed by atoms with E-state index in [2.05, 4.69) is 4.72 Å². The van der Waals surface area contributed by atoms with Gasteiger partial charge in [0.1, 0.15) is 0 Å². The lowest BCUT2D eigenvalue weighted by Crippen LogP contribution is -2.28. The average molecular weight is 296 g/mol. The van der Waals surface area contributed by atoms with Crippen molar-refractivity contribution in [2.75, 3.05) is 4.72 Å². The molecule has 1 aromatic rings. The van der Waals surface area contributed by atoms with Gasteiger partial charge < -0.3 is 5.11 Å². The number of carboxylic acids is 1. The van der Waals surface area contributed by atoms with Gasteiger partial charge >= 0.3 is 5.97 Å². The highest BCUT2D eigenvalue weighted by Crippen LogP contribution is 2.25. The topological polar surface area (TPSA) is 107 Å². The lowest BCUT2D eigenvalue weighted by molar-refractivity contribution is -0.142. The van der Waals surface area contributed by atoms with Crippen LogP contribution in [0.3, 0.4) is 0 Å². The molecule has 1 unspecified atom stereocenters. The fraction of sp³-hybridized carbons (Fsp3) is 0.385. The maximum absolute atomic E-state index is 11.7. The molecule has 7 heteroatoms. The minimum atomic E-state index is -3.76. The van der Waals surface area contributed by atoms with Crippen molar-refractivity contribution in [2.24, 2.45) is 0 Å². The summed E-state index contributed by atoms with van der Waals surface area (Å²) in [6, 6.07) is 7.68. The van der Waals surface area contributed by atoms with Crippen LogP contribution in [0.5, 0.6) is 0 Å². The second-order valence-electron chi connectivity index (χ2n) is 4.93.